The molecule has 0 saturated heterocycles. The first-order valence-corrected chi connectivity index (χ1v) is 8.11. The van der Waals surface area contributed by atoms with E-state index >= 15 is 0 Å². The topological polar surface area (TPSA) is 111 Å². The third-order valence-corrected chi connectivity index (χ3v) is 3.85. The van der Waals surface area contributed by atoms with E-state index in [1.165, 1.54) is 40.4 Å². The van der Waals surface area contributed by atoms with Crippen LogP contribution in [0.4, 0.5) is 0 Å². The number of benzene rings is 1. The minimum Gasteiger partial charge on any atom is -0.493 e. The second kappa shape index (κ2) is 9.67. The molecule has 25 heavy (non-hydrogen) atoms. The molecule has 0 aliphatic rings. The summed E-state index contributed by atoms with van der Waals surface area (Å²) < 4.78 is 15.5. The van der Waals surface area contributed by atoms with Crippen molar-refractivity contribution in [2.75, 3.05) is 27.1 Å². The van der Waals surface area contributed by atoms with E-state index in [-0.39, 0.29) is 40.1 Å². The number of amides is 1. The van der Waals surface area contributed by atoms with E-state index in [9.17, 15) is 19.5 Å². The second-order valence-electron chi connectivity index (χ2n) is 4.67. The number of hydrogen-bond donors (Lipinski definition) is 1. The molecule has 1 amide bonds. The Kier molecular flexibility index (Phi) is 7.93. The lowest BCUT2D eigenvalue weighted by molar-refractivity contribution is -0.129. The summed E-state index contributed by atoms with van der Waals surface area (Å²) in [6.45, 7) is 1.38. The van der Waals surface area contributed by atoms with Crippen LogP contribution in [0.3, 0.4) is 0 Å². The fourth-order valence-corrected chi connectivity index (χ4v) is 2.48. The van der Waals surface area contributed by atoms with E-state index in [4.69, 9.17) is 14.2 Å². The number of carbonyl (C=O) groups excluding carboxylic acids is 2. The van der Waals surface area contributed by atoms with Crippen molar-refractivity contribution in [1.82, 2.24) is 0 Å². The lowest BCUT2D eigenvalue weighted by Crippen LogP contribution is -2.16. The molecular weight excluding hydrogens is 350 g/mol. The van der Waals surface area contributed by atoms with Gasteiger partial charge in [0.1, 0.15) is 5.71 Å². The first-order valence-electron chi connectivity index (χ1n) is 7.12. The van der Waals surface area contributed by atoms with Crippen molar-refractivity contribution in [3.63, 3.8) is 0 Å². The molecule has 0 aliphatic carbocycles. The molecule has 0 heterocycles. The van der Waals surface area contributed by atoms with Gasteiger partial charge < -0.3 is 19.3 Å². The minimum atomic E-state index is -1.31. The number of methoxy groups -OCH3 is 3. The van der Waals surface area contributed by atoms with Crippen LogP contribution in [0.2, 0.25) is 0 Å². The summed E-state index contributed by atoms with van der Waals surface area (Å²) >= 11 is 0.966. The van der Waals surface area contributed by atoms with Crippen LogP contribution in [0.25, 0.3) is 0 Å². The zero-order valence-electron chi connectivity index (χ0n) is 14.3. The van der Waals surface area contributed by atoms with Crippen LogP contribution in [-0.2, 0) is 9.59 Å². The summed E-state index contributed by atoms with van der Waals surface area (Å²) in [7, 11) is 4.22. The fraction of sp³-hybridized carbons (Fsp3) is 0.375. The van der Waals surface area contributed by atoms with Crippen LogP contribution >= 0.6 is 11.8 Å². The van der Waals surface area contributed by atoms with Gasteiger partial charge in [-0.15, -0.1) is 0 Å². The lowest BCUT2D eigenvalue weighted by atomic mass is 10.1. The maximum atomic E-state index is 12.3. The molecule has 136 valence electrons. The number of rotatable bonds is 8. The highest BCUT2D eigenvalue weighted by molar-refractivity contribution is 8.13. The third-order valence-electron chi connectivity index (χ3n) is 3.04. The van der Waals surface area contributed by atoms with Gasteiger partial charge >= 0.3 is 5.97 Å². The van der Waals surface area contributed by atoms with Crippen LogP contribution < -0.4 is 14.2 Å². The molecule has 0 radical (unpaired) electrons. The number of nitrogens with zero attached hydrogens (tertiary/aromatic N) is 1. The van der Waals surface area contributed by atoms with E-state index in [1.807, 2.05) is 0 Å². The molecule has 1 aromatic carbocycles. The van der Waals surface area contributed by atoms with Crippen LogP contribution in [-0.4, -0.2) is 54.9 Å². The maximum absolute atomic E-state index is 12.3. The SMILES string of the molecule is COc1cc(C(=O)/N=C(\CCSC(C)=O)C(=O)O)cc(OC)c1OC. The summed E-state index contributed by atoms with van der Waals surface area (Å²) in [4.78, 5) is 38.1. The largest absolute Gasteiger partial charge is 0.493 e. The summed E-state index contributed by atoms with van der Waals surface area (Å²) in [5, 5.41) is 9.03. The highest BCUT2D eigenvalue weighted by Crippen LogP contribution is 2.38. The van der Waals surface area contributed by atoms with Gasteiger partial charge in [-0.3, -0.25) is 9.59 Å². The molecule has 1 aromatic rings. The highest BCUT2D eigenvalue weighted by Gasteiger charge is 2.19. The number of hydrogen-bond acceptors (Lipinski definition) is 7. The van der Waals surface area contributed by atoms with Gasteiger partial charge in [-0.2, -0.15) is 0 Å². The Morgan fingerprint density at radius 1 is 1.08 bits per heavy atom. The molecule has 0 aromatic heterocycles. The smallest absolute Gasteiger partial charge is 0.350 e. The zero-order chi connectivity index (χ0) is 19.0. The van der Waals surface area contributed by atoms with E-state index in [0.29, 0.717) is 5.75 Å². The first-order chi connectivity index (χ1) is 11.8. The number of carboxylic acid groups (broad SMARTS) is 1. The molecule has 1 N–H and O–H groups in total. The van der Waals surface area contributed by atoms with Gasteiger partial charge in [0.15, 0.2) is 16.6 Å². The standard InChI is InChI=1S/C16H19NO7S/c1-9(18)25-6-5-11(16(20)21)17-15(19)10-7-12(22-2)14(24-4)13(8-10)23-3/h7-8H,5-6H2,1-4H3,(H,20,21)/b17-11+. The molecule has 0 bridgehead atoms. The molecule has 8 nitrogen and oxygen atoms in total. The van der Waals surface area contributed by atoms with Crippen molar-refractivity contribution in [2.24, 2.45) is 4.99 Å². The normalized spacial score (nSPS) is 11.0. The van der Waals surface area contributed by atoms with Crippen molar-refractivity contribution in [2.45, 2.75) is 13.3 Å². The summed E-state index contributed by atoms with van der Waals surface area (Å²) in [6, 6.07) is 2.77. The lowest BCUT2D eigenvalue weighted by Gasteiger charge is -2.13. The zero-order valence-corrected chi connectivity index (χ0v) is 15.1. The molecule has 0 aliphatic heterocycles. The molecule has 0 spiro atoms. The molecule has 9 heteroatoms. The van der Waals surface area contributed by atoms with Crippen LogP contribution in [0.1, 0.15) is 23.7 Å². The molecule has 0 atom stereocenters. The third kappa shape index (κ3) is 5.79. The number of aliphatic carboxylic acids is 1. The Hall–Kier alpha value is -2.55. The average molecular weight is 369 g/mol. The number of aliphatic imine (C=N–C) groups is 1. The molecule has 0 fully saturated rings. The second-order valence-corrected chi connectivity index (χ2v) is 5.94. The van der Waals surface area contributed by atoms with E-state index in [1.54, 1.807) is 0 Å². The Labute approximate surface area is 149 Å². The van der Waals surface area contributed by atoms with Crippen molar-refractivity contribution >= 4 is 34.5 Å². The predicted octanol–water partition coefficient (Wildman–Crippen LogP) is 2.05. The molecule has 1 rings (SSSR count). The highest BCUT2D eigenvalue weighted by atomic mass is 32.2. The van der Waals surface area contributed by atoms with E-state index in [2.05, 4.69) is 4.99 Å². The van der Waals surface area contributed by atoms with E-state index < -0.39 is 11.9 Å². The Morgan fingerprint density at radius 2 is 1.64 bits per heavy atom. The quantitative estimate of drug-likeness (QED) is 0.693. The predicted molar refractivity (Wildman–Crippen MR) is 93.3 cm³/mol. The van der Waals surface area contributed by atoms with Gasteiger partial charge in [0.2, 0.25) is 5.75 Å². The molecule has 0 unspecified atom stereocenters. The van der Waals surface area contributed by atoms with Gasteiger partial charge in [-0.1, -0.05) is 11.8 Å². The number of carboxylic acids is 1. The van der Waals surface area contributed by atoms with Gasteiger partial charge in [0, 0.05) is 24.7 Å². The Balaban J connectivity index is 3.14. The minimum absolute atomic E-state index is 0.0181. The van der Waals surface area contributed by atoms with Crippen molar-refractivity contribution in [3.05, 3.63) is 17.7 Å². The van der Waals surface area contributed by atoms with Gasteiger partial charge in [-0.25, -0.2) is 9.79 Å². The average Bonchev–Trinajstić information content (AvgIpc) is 2.58. The fourth-order valence-electron chi connectivity index (χ4n) is 1.89. The maximum Gasteiger partial charge on any atom is 0.350 e. The monoisotopic (exact) mass is 369 g/mol. The number of thioether (sulfide) groups is 1. The van der Waals surface area contributed by atoms with Gasteiger partial charge in [-0.05, 0) is 12.1 Å². The van der Waals surface area contributed by atoms with Crippen LogP contribution in [0.15, 0.2) is 17.1 Å². The Bertz CT molecular complexity index is 675. The molecular formula is C16H19NO7S. The van der Waals surface area contributed by atoms with Crippen molar-refractivity contribution < 1.29 is 33.7 Å². The van der Waals surface area contributed by atoms with Gasteiger partial charge in [0.25, 0.3) is 5.91 Å². The number of carbonyl (C=O) groups is 3. The first kappa shape index (κ1) is 20.5. The summed E-state index contributed by atoms with van der Waals surface area (Å²) in [5.74, 6) is -1.03. The molecule has 0 saturated carbocycles. The van der Waals surface area contributed by atoms with Crippen LogP contribution in [0, 0.1) is 0 Å². The summed E-state index contributed by atoms with van der Waals surface area (Å²) in [6.07, 6.45) is -0.0181. The van der Waals surface area contributed by atoms with Crippen LogP contribution in [0.5, 0.6) is 17.2 Å². The Morgan fingerprint density at radius 3 is 2.04 bits per heavy atom. The van der Waals surface area contributed by atoms with Crippen molar-refractivity contribution in [1.29, 1.82) is 0 Å². The van der Waals surface area contributed by atoms with E-state index in [0.717, 1.165) is 11.8 Å². The summed E-state index contributed by atoms with van der Waals surface area (Å²) in [5.41, 5.74) is -0.236. The van der Waals surface area contributed by atoms with Gasteiger partial charge in [0.05, 0.1) is 21.3 Å². The number of ether oxygens (including phenoxy) is 3. The van der Waals surface area contributed by atoms with Crippen molar-refractivity contribution in [3.8, 4) is 17.2 Å².